The van der Waals surface area contributed by atoms with Crippen molar-refractivity contribution < 1.29 is 9.18 Å². The Morgan fingerprint density at radius 2 is 2.00 bits per heavy atom. The highest BCUT2D eigenvalue weighted by Crippen LogP contribution is 2.11. The fourth-order valence-corrected chi connectivity index (χ4v) is 1.13. The molecule has 0 aliphatic rings. The van der Waals surface area contributed by atoms with Crippen LogP contribution in [0, 0.1) is 5.82 Å². The van der Waals surface area contributed by atoms with Gasteiger partial charge in [0.1, 0.15) is 5.82 Å². The molecule has 1 aromatic heterocycles. The molecule has 1 heterocycles. The molecule has 0 aliphatic carbocycles. The highest BCUT2D eigenvalue weighted by Gasteiger charge is 2.13. The van der Waals surface area contributed by atoms with Gasteiger partial charge in [0.05, 0.1) is 0 Å². The largest absolute Gasteiger partial charge is 0.380 e. The average Bonchev–Trinajstić information content (AvgIpc) is 2.68. The molecule has 4 N–H and O–H groups in total. The number of hydrogen-bond acceptors (Lipinski definition) is 4. The normalized spacial score (nSPS) is 10.1. The number of carbonyl (C=O) groups excluding carboxylic acids is 1. The molecule has 0 saturated heterocycles. The average molecular weight is 221 g/mol. The van der Waals surface area contributed by atoms with Crippen LogP contribution < -0.4 is 11.1 Å². The molecule has 0 radical (unpaired) electrons. The number of amides is 1. The van der Waals surface area contributed by atoms with Crippen molar-refractivity contribution in [1.29, 1.82) is 0 Å². The van der Waals surface area contributed by atoms with Gasteiger partial charge in [-0.25, -0.2) is 4.39 Å². The van der Waals surface area contributed by atoms with Gasteiger partial charge in [0, 0.05) is 5.69 Å². The first-order valence-electron chi connectivity index (χ1n) is 4.40. The number of halogens is 1. The van der Waals surface area contributed by atoms with Crippen molar-refractivity contribution in [3.8, 4) is 0 Å². The number of aromatic nitrogens is 3. The molecule has 0 fully saturated rings. The summed E-state index contributed by atoms with van der Waals surface area (Å²) in [5.41, 5.74) is 5.85. The van der Waals surface area contributed by atoms with Crippen molar-refractivity contribution in [1.82, 2.24) is 15.4 Å². The van der Waals surface area contributed by atoms with Crippen LogP contribution in [0.5, 0.6) is 0 Å². The highest BCUT2D eigenvalue weighted by atomic mass is 19.1. The van der Waals surface area contributed by atoms with Gasteiger partial charge in [0.25, 0.3) is 5.91 Å². The van der Waals surface area contributed by atoms with Gasteiger partial charge in [0.2, 0.25) is 0 Å². The summed E-state index contributed by atoms with van der Waals surface area (Å²) in [6.45, 7) is 0. The van der Waals surface area contributed by atoms with Crippen molar-refractivity contribution in [3.05, 3.63) is 35.8 Å². The Hall–Kier alpha value is -2.44. The second-order valence-corrected chi connectivity index (χ2v) is 3.02. The van der Waals surface area contributed by atoms with Crippen molar-refractivity contribution in [3.63, 3.8) is 0 Å². The van der Waals surface area contributed by atoms with Gasteiger partial charge in [-0.3, -0.25) is 4.79 Å². The summed E-state index contributed by atoms with van der Waals surface area (Å²) >= 11 is 0. The maximum atomic E-state index is 12.6. The first-order chi connectivity index (χ1) is 7.66. The minimum absolute atomic E-state index is 0.00400. The van der Waals surface area contributed by atoms with E-state index in [0.29, 0.717) is 5.69 Å². The Bertz CT molecular complexity index is 507. The van der Waals surface area contributed by atoms with E-state index in [1.807, 2.05) is 0 Å². The van der Waals surface area contributed by atoms with E-state index in [9.17, 15) is 9.18 Å². The van der Waals surface area contributed by atoms with E-state index in [2.05, 4.69) is 20.7 Å². The summed E-state index contributed by atoms with van der Waals surface area (Å²) in [7, 11) is 0. The smallest absolute Gasteiger partial charge is 0.280 e. The topological polar surface area (TPSA) is 96.7 Å². The van der Waals surface area contributed by atoms with Gasteiger partial charge < -0.3 is 11.1 Å². The summed E-state index contributed by atoms with van der Waals surface area (Å²) in [4.78, 5) is 11.6. The summed E-state index contributed by atoms with van der Waals surface area (Å²) in [5, 5.41) is 11.8. The van der Waals surface area contributed by atoms with E-state index in [0.717, 1.165) is 0 Å². The van der Waals surface area contributed by atoms with Crippen molar-refractivity contribution >= 4 is 17.4 Å². The van der Waals surface area contributed by atoms with E-state index in [1.165, 1.54) is 24.3 Å². The summed E-state index contributed by atoms with van der Waals surface area (Å²) < 4.78 is 12.6. The lowest BCUT2D eigenvalue weighted by Gasteiger charge is -2.02. The molecule has 0 aliphatic heterocycles. The zero-order valence-corrected chi connectivity index (χ0v) is 8.07. The zero-order chi connectivity index (χ0) is 11.5. The number of nitrogens with one attached hydrogen (secondary N) is 2. The fourth-order valence-electron chi connectivity index (χ4n) is 1.13. The van der Waals surface area contributed by atoms with Gasteiger partial charge in [0.15, 0.2) is 11.5 Å². The number of rotatable bonds is 2. The third-order valence-corrected chi connectivity index (χ3v) is 1.89. The molecule has 1 aromatic carbocycles. The molecule has 82 valence electrons. The lowest BCUT2D eigenvalue weighted by atomic mass is 10.3. The second-order valence-electron chi connectivity index (χ2n) is 3.02. The van der Waals surface area contributed by atoms with Gasteiger partial charge in [-0.15, -0.1) is 10.2 Å². The van der Waals surface area contributed by atoms with Crippen LogP contribution in [0.15, 0.2) is 24.3 Å². The summed E-state index contributed by atoms with van der Waals surface area (Å²) in [5.74, 6) is -0.864. The Kier molecular flexibility index (Phi) is 2.50. The van der Waals surface area contributed by atoms with Crippen LogP contribution in [0.1, 0.15) is 10.5 Å². The second kappa shape index (κ2) is 3.97. The van der Waals surface area contributed by atoms with Gasteiger partial charge in [-0.05, 0) is 24.3 Å². The zero-order valence-electron chi connectivity index (χ0n) is 8.07. The molecule has 0 saturated carbocycles. The predicted molar refractivity (Wildman–Crippen MR) is 55.1 cm³/mol. The number of H-pyrrole nitrogens is 1. The molecule has 0 unspecified atom stereocenters. The maximum absolute atomic E-state index is 12.6. The maximum Gasteiger partial charge on any atom is 0.280 e. The quantitative estimate of drug-likeness (QED) is 0.698. The van der Waals surface area contributed by atoms with Crippen molar-refractivity contribution in [2.45, 2.75) is 0 Å². The minimum Gasteiger partial charge on any atom is -0.380 e. The van der Waals surface area contributed by atoms with Crippen molar-refractivity contribution in [2.75, 3.05) is 11.1 Å². The third-order valence-electron chi connectivity index (χ3n) is 1.89. The molecule has 7 heteroatoms. The number of anilines is 2. The third kappa shape index (κ3) is 1.97. The first kappa shape index (κ1) is 10.1. The van der Waals surface area contributed by atoms with Crippen LogP contribution in [0.25, 0.3) is 0 Å². The molecule has 16 heavy (non-hydrogen) atoms. The number of nitrogens with two attached hydrogens (primary N) is 1. The number of hydrogen-bond donors (Lipinski definition) is 3. The van der Waals surface area contributed by atoms with Crippen molar-refractivity contribution in [2.24, 2.45) is 0 Å². The van der Waals surface area contributed by atoms with Gasteiger partial charge >= 0.3 is 0 Å². The molecule has 0 atom stereocenters. The fraction of sp³-hybridized carbons (Fsp3) is 0. The Labute approximate surface area is 89.7 Å². The molecular weight excluding hydrogens is 213 g/mol. The Morgan fingerprint density at radius 3 is 2.56 bits per heavy atom. The lowest BCUT2D eigenvalue weighted by Crippen LogP contribution is -2.14. The number of benzene rings is 1. The molecule has 1 amide bonds. The van der Waals surface area contributed by atoms with E-state index in [4.69, 9.17) is 5.73 Å². The molecular formula is C9H8FN5O. The van der Waals surface area contributed by atoms with E-state index >= 15 is 0 Å². The van der Waals surface area contributed by atoms with Crippen LogP contribution in [0.4, 0.5) is 15.9 Å². The standard InChI is InChI=1S/C9H8FN5O/c10-5-1-3-6(4-2-5)12-9(16)7-8(11)14-15-13-7/h1-4H,(H,12,16)(H3,11,13,14,15). The summed E-state index contributed by atoms with van der Waals surface area (Å²) in [6, 6.07) is 5.34. The van der Waals surface area contributed by atoms with Crippen LogP contribution in [-0.2, 0) is 0 Å². The highest BCUT2D eigenvalue weighted by molar-refractivity contribution is 6.05. The molecule has 0 spiro atoms. The molecule has 0 bridgehead atoms. The summed E-state index contributed by atoms with van der Waals surface area (Å²) in [6.07, 6.45) is 0. The number of carbonyl (C=O) groups is 1. The first-order valence-corrected chi connectivity index (χ1v) is 4.40. The van der Waals surface area contributed by atoms with Crippen LogP contribution >= 0.6 is 0 Å². The predicted octanol–water partition coefficient (Wildman–Crippen LogP) is 0.778. The van der Waals surface area contributed by atoms with E-state index < -0.39 is 5.91 Å². The monoisotopic (exact) mass is 221 g/mol. The van der Waals surface area contributed by atoms with E-state index in [-0.39, 0.29) is 17.3 Å². The van der Waals surface area contributed by atoms with Gasteiger partial charge in [-0.2, -0.15) is 5.21 Å². The Morgan fingerprint density at radius 1 is 1.31 bits per heavy atom. The number of aromatic amines is 1. The molecule has 6 nitrogen and oxygen atoms in total. The van der Waals surface area contributed by atoms with Crippen LogP contribution in [0.3, 0.4) is 0 Å². The van der Waals surface area contributed by atoms with E-state index in [1.54, 1.807) is 0 Å². The molecule has 2 rings (SSSR count). The van der Waals surface area contributed by atoms with Crippen LogP contribution in [-0.4, -0.2) is 21.3 Å². The van der Waals surface area contributed by atoms with Gasteiger partial charge in [-0.1, -0.05) is 0 Å². The number of nitrogens with zero attached hydrogens (tertiary/aromatic N) is 2. The van der Waals surface area contributed by atoms with Crippen LogP contribution in [0.2, 0.25) is 0 Å². The lowest BCUT2D eigenvalue weighted by molar-refractivity contribution is 0.102. The number of nitrogen functional groups attached to an aromatic ring is 1. The Balaban J connectivity index is 2.14. The SMILES string of the molecule is Nc1n[nH]nc1C(=O)Nc1ccc(F)cc1. The minimum atomic E-state index is -0.502. The molecule has 2 aromatic rings.